The zero-order valence-corrected chi connectivity index (χ0v) is 13.6. The van der Waals surface area contributed by atoms with Crippen molar-refractivity contribution in [2.24, 2.45) is 0 Å². The Morgan fingerprint density at radius 3 is 2.52 bits per heavy atom. The fourth-order valence-corrected chi connectivity index (χ4v) is 2.54. The number of nitrogens with zero attached hydrogens (tertiary/aromatic N) is 2. The second-order valence-corrected chi connectivity index (χ2v) is 6.87. The van der Waals surface area contributed by atoms with Gasteiger partial charge in [0.25, 0.3) is 0 Å². The standard InChI is InChI=1S/C16H26FN3O/c1-11-9-20(10-12(2)21-11)15-14(17)13(6-7-18-15)8-19-16(3,4)5/h6-7,11-12,19H,8-10H2,1-5H3. The molecular formula is C16H26FN3O. The first kappa shape index (κ1) is 16.2. The maximum atomic E-state index is 14.7. The first-order valence-corrected chi connectivity index (χ1v) is 7.55. The van der Waals surface area contributed by atoms with Crippen LogP contribution in [0.25, 0.3) is 0 Å². The molecule has 1 aliphatic heterocycles. The summed E-state index contributed by atoms with van der Waals surface area (Å²) in [5, 5.41) is 3.32. The van der Waals surface area contributed by atoms with E-state index in [1.807, 2.05) is 18.7 Å². The predicted molar refractivity (Wildman–Crippen MR) is 83.0 cm³/mol. The van der Waals surface area contributed by atoms with Crippen LogP contribution in [-0.4, -0.2) is 35.8 Å². The molecule has 0 radical (unpaired) electrons. The number of morpholine rings is 1. The van der Waals surface area contributed by atoms with Crippen LogP contribution in [0.4, 0.5) is 10.2 Å². The Morgan fingerprint density at radius 1 is 1.33 bits per heavy atom. The number of halogens is 1. The summed E-state index contributed by atoms with van der Waals surface area (Å²) < 4.78 is 20.4. The highest BCUT2D eigenvalue weighted by Gasteiger charge is 2.26. The Kier molecular flexibility index (Phi) is 4.84. The molecule has 1 saturated heterocycles. The maximum absolute atomic E-state index is 14.7. The van der Waals surface area contributed by atoms with E-state index in [4.69, 9.17) is 4.74 Å². The number of aromatic nitrogens is 1. The number of hydrogen-bond acceptors (Lipinski definition) is 4. The number of pyridine rings is 1. The molecular weight excluding hydrogens is 269 g/mol. The van der Waals surface area contributed by atoms with Gasteiger partial charge in [-0.3, -0.25) is 0 Å². The highest BCUT2D eigenvalue weighted by atomic mass is 19.1. The molecule has 1 aliphatic rings. The molecule has 1 fully saturated rings. The van der Waals surface area contributed by atoms with Crippen LogP contribution in [0.5, 0.6) is 0 Å². The summed E-state index contributed by atoms with van der Waals surface area (Å²) >= 11 is 0. The quantitative estimate of drug-likeness (QED) is 0.930. The summed E-state index contributed by atoms with van der Waals surface area (Å²) in [6.45, 7) is 12.1. The first-order valence-electron chi connectivity index (χ1n) is 7.55. The summed E-state index contributed by atoms with van der Waals surface area (Å²) in [6.07, 6.45) is 1.86. The number of rotatable bonds is 3. The Bertz CT molecular complexity index is 477. The highest BCUT2D eigenvalue weighted by molar-refractivity contribution is 5.44. The number of anilines is 1. The van der Waals surface area contributed by atoms with E-state index in [2.05, 4.69) is 31.1 Å². The molecule has 1 aromatic heterocycles. The van der Waals surface area contributed by atoms with Crippen molar-refractivity contribution in [3.63, 3.8) is 0 Å². The average Bonchev–Trinajstić information content (AvgIpc) is 2.35. The lowest BCUT2D eigenvalue weighted by molar-refractivity contribution is -0.00566. The van der Waals surface area contributed by atoms with E-state index in [0.717, 1.165) is 0 Å². The van der Waals surface area contributed by atoms with E-state index in [9.17, 15) is 4.39 Å². The van der Waals surface area contributed by atoms with Crippen molar-refractivity contribution in [1.29, 1.82) is 0 Å². The molecule has 0 aromatic carbocycles. The molecule has 5 heteroatoms. The van der Waals surface area contributed by atoms with Crippen LogP contribution in [-0.2, 0) is 11.3 Å². The van der Waals surface area contributed by atoms with Crippen LogP contribution in [0.2, 0.25) is 0 Å². The molecule has 0 amide bonds. The molecule has 2 rings (SSSR count). The monoisotopic (exact) mass is 295 g/mol. The smallest absolute Gasteiger partial charge is 0.170 e. The van der Waals surface area contributed by atoms with Crippen molar-refractivity contribution in [2.75, 3.05) is 18.0 Å². The zero-order valence-electron chi connectivity index (χ0n) is 13.6. The third-order valence-electron chi connectivity index (χ3n) is 3.48. The van der Waals surface area contributed by atoms with E-state index in [-0.39, 0.29) is 23.6 Å². The van der Waals surface area contributed by atoms with Gasteiger partial charge in [-0.05, 0) is 40.7 Å². The lowest BCUT2D eigenvalue weighted by atomic mass is 10.1. The van der Waals surface area contributed by atoms with Gasteiger partial charge in [0.05, 0.1) is 12.2 Å². The van der Waals surface area contributed by atoms with Gasteiger partial charge in [0, 0.05) is 36.9 Å². The normalized spacial score (nSPS) is 23.4. The second kappa shape index (κ2) is 6.28. The second-order valence-electron chi connectivity index (χ2n) is 6.87. The third-order valence-corrected chi connectivity index (χ3v) is 3.48. The van der Waals surface area contributed by atoms with Gasteiger partial charge in [-0.1, -0.05) is 0 Å². The molecule has 0 bridgehead atoms. The van der Waals surface area contributed by atoms with E-state index in [1.165, 1.54) is 0 Å². The highest BCUT2D eigenvalue weighted by Crippen LogP contribution is 2.23. The summed E-state index contributed by atoms with van der Waals surface area (Å²) in [5.74, 6) is 0.209. The van der Waals surface area contributed by atoms with E-state index in [0.29, 0.717) is 31.0 Å². The largest absolute Gasteiger partial charge is 0.372 e. The van der Waals surface area contributed by atoms with Crippen molar-refractivity contribution in [3.8, 4) is 0 Å². The van der Waals surface area contributed by atoms with Gasteiger partial charge in [-0.15, -0.1) is 0 Å². The van der Waals surface area contributed by atoms with Gasteiger partial charge in [0.1, 0.15) is 0 Å². The molecule has 4 nitrogen and oxygen atoms in total. The van der Waals surface area contributed by atoms with Crippen molar-refractivity contribution < 1.29 is 9.13 Å². The van der Waals surface area contributed by atoms with Crippen molar-refractivity contribution in [3.05, 3.63) is 23.6 Å². The zero-order chi connectivity index (χ0) is 15.6. The predicted octanol–water partition coefficient (Wildman–Crippen LogP) is 2.72. The Morgan fingerprint density at radius 2 is 1.95 bits per heavy atom. The maximum Gasteiger partial charge on any atom is 0.170 e. The minimum absolute atomic E-state index is 0.0438. The van der Waals surface area contributed by atoms with Crippen LogP contribution >= 0.6 is 0 Å². The SMILES string of the molecule is CC1CN(c2nccc(CNC(C)(C)C)c2F)CC(C)O1. The number of hydrogen-bond donors (Lipinski definition) is 1. The summed E-state index contributed by atoms with van der Waals surface area (Å²) in [4.78, 5) is 6.22. The molecule has 2 atom stereocenters. The Balaban J connectivity index is 2.17. The van der Waals surface area contributed by atoms with Crippen LogP contribution in [0, 0.1) is 5.82 Å². The fourth-order valence-electron chi connectivity index (χ4n) is 2.54. The van der Waals surface area contributed by atoms with E-state index in [1.54, 1.807) is 12.3 Å². The van der Waals surface area contributed by atoms with E-state index >= 15 is 0 Å². The molecule has 1 aromatic rings. The molecule has 0 saturated carbocycles. The van der Waals surface area contributed by atoms with Gasteiger partial charge in [0.2, 0.25) is 0 Å². The molecule has 1 N–H and O–H groups in total. The molecule has 0 spiro atoms. The van der Waals surface area contributed by atoms with Gasteiger partial charge in [0.15, 0.2) is 11.6 Å². The number of ether oxygens (including phenoxy) is 1. The van der Waals surface area contributed by atoms with Crippen molar-refractivity contribution >= 4 is 5.82 Å². The molecule has 0 aliphatic carbocycles. The van der Waals surface area contributed by atoms with Gasteiger partial charge < -0.3 is 15.0 Å². The fraction of sp³-hybridized carbons (Fsp3) is 0.688. The van der Waals surface area contributed by atoms with Crippen molar-refractivity contribution in [1.82, 2.24) is 10.3 Å². The molecule has 118 valence electrons. The van der Waals surface area contributed by atoms with Crippen LogP contribution in [0.15, 0.2) is 12.3 Å². The molecule has 21 heavy (non-hydrogen) atoms. The average molecular weight is 295 g/mol. The summed E-state index contributed by atoms with van der Waals surface area (Å²) in [7, 11) is 0. The Labute approximate surface area is 126 Å². The molecule has 2 heterocycles. The topological polar surface area (TPSA) is 37.4 Å². The van der Waals surface area contributed by atoms with E-state index < -0.39 is 0 Å². The minimum Gasteiger partial charge on any atom is -0.372 e. The lowest BCUT2D eigenvalue weighted by Crippen LogP contribution is -2.46. The minimum atomic E-state index is -0.226. The Hall–Kier alpha value is -1.20. The van der Waals surface area contributed by atoms with Gasteiger partial charge in [-0.2, -0.15) is 0 Å². The van der Waals surface area contributed by atoms with Crippen LogP contribution in [0.1, 0.15) is 40.2 Å². The summed E-state index contributed by atoms with van der Waals surface area (Å²) in [6, 6.07) is 1.74. The molecule has 2 unspecified atom stereocenters. The first-order chi connectivity index (χ1) is 9.76. The third kappa shape index (κ3) is 4.38. The lowest BCUT2D eigenvalue weighted by Gasteiger charge is -2.36. The van der Waals surface area contributed by atoms with Crippen LogP contribution < -0.4 is 10.2 Å². The summed E-state index contributed by atoms with van der Waals surface area (Å²) in [5.41, 5.74) is 0.611. The number of nitrogens with one attached hydrogen (secondary N) is 1. The van der Waals surface area contributed by atoms with Gasteiger partial charge >= 0.3 is 0 Å². The van der Waals surface area contributed by atoms with Gasteiger partial charge in [-0.25, -0.2) is 9.37 Å². The van der Waals surface area contributed by atoms with Crippen LogP contribution in [0.3, 0.4) is 0 Å². The van der Waals surface area contributed by atoms with Crippen molar-refractivity contribution in [2.45, 2.75) is 58.9 Å².